The molecule has 4 heteroatoms. The predicted molar refractivity (Wildman–Crippen MR) is 46.3 cm³/mol. The van der Waals surface area contributed by atoms with Crippen molar-refractivity contribution in [2.75, 3.05) is 6.67 Å². The van der Waals surface area contributed by atoms with Crippen molar-refractivity contribution in [3.05, 3.63) is 0 Å². The smallest absolute Gasteiger partial charge is 0.220 e. The Balaban J connectivity index is 3.08. The summed E-state index contributed by atoms with van der Waals surface area (Å²) in [6.07, 6.45) is 4.64. The molecule has 0 bridgehead atoms. The second-order valence-electron chi connectivity index (χ2n) is 2.57. The van der Waals surface area contributed by atoms with Crippen LogP contribution in [-0.4, -0.2) is 18.9 Å². The van der Waals surface area contributed by atoms with Gasteiger partial charge < -0.3 is 15.8 Å². The summed E-state index contributed by atoms with van der Waals surface area (Å²) in [5.41, 5.74) is 5.10. The second-order valence-corrected chi connectivity index (χ2v) is 2.57. The third kappa shape index (κ3) is 7.21. The van der Waals surface area contributed by atoms with Crippen LogP contribution in [-0.2, 0) is 9.59 Å². The standard InChI is InChI=1S/C8H16N2O2/c9-7-10-8(12)5-3-1-2-4-6-11/h6H,1-5,7,9H2,(H,10,12). The maximum atomic E-state index is 10.8. The summed E-state index contributed by atoms with van der Waals surface area (Å²) >= 11 is 0. The summed E-state index contributed by atoms with van der Waals surface area (Å²) < 4.78 is 0. The highest BCUT2D eigenvalue weighted by Crippen LogP contribution is 2.00. The second kappa shape index (κ2) is 8.20. The molecule has 0 fully saturated rings. The number of rotatable bonds is 7. The number of unbranched alkanes of at least 4 members (excludes halogenated alkanes) is 3. The van der Waals surface area contributed by atoms with Crippen molar-refractivity contribution in [3.8, 4) is 0 Å². The molecule has 0 aromatic heterocycles. The molecule has 0 aliphatic rings. The molecule has 0 spiro atoms. The van der Waals surface area contributed by atoms with E-state index in [1.165, 1.54) is 0 Å². The minimum absolute atomic E-state index is 0.0106. The Bertz CT molecular complexity index is 137. The lowest BCUT2D eigenvalue weighted by Gasteiger charge is -2.00. The molecule has 0 heterocycles. The molecule has 0 atom stereocenters. The first-order valence-electron chi connectivity index (χ1n) is 4.21. The number of carbonyl (C=O) groups excluding carboxylic acids is 2. The van der Waals surface area contributed by atoms with Gasteiger partial charge in [-0.2, -0.15) is 0 Å². The van der Waals surface area contributed by atoms with Crippen molar-refractivity contribution in [2.45, 2.75) is 32.1 Å². The van der Waals surface area contributed by atoms with E-state index < -0.39 is 0 Å². The van der Waals surface area contributed by atoms with E-state index in [0.717, 1.165) is 25.5 Å². The van der Waals surface area contributed by atoms with Crippen molar-refractivity contribution < 1.29 is 9.59 Å². The van der Waals surface area contributed by atoms with Crippen LogP contribution in [0.4, 0.5) is 0 Å². The summed E-state index contributed by atoms with van der Waals surface area (Å²) in [7, 11) is 0. The summed E-state index contributed by atoms with van der Waals surface area (Å²) in [5.74, 6) is -0.0106. The maximum Gasteiger partial charge on any atom is 0.220 e. The molecule has 0 rings (SSSR count). The third-order valence-electron chi connectivity index (χ3n) is 1.53. The van der Waals surface area contributed by atoms with Crippen LogP contribution in [0.5, 0.6) is 0 Å². The van der Waals surface area contributed by atoms with Crippen LogP contribution in [0.2, 0.25) is 0 Å². The predicted octanol–water partition coefficient (Wildman–Crippen LogP) is 0.168. The molecule has 0 saturated carbocycles. The number of hydrogen-bond acceptors (Lipinski definition) is 3. The van der Waals surface area contributed by atoms with Crippen molar-refractivity contribution in [1.29, 1.82) is 0 Å². The fourth-order valence-corrected chi connectivity index (χ4v) is 0.892. The minimum atomic E-state index is -0.0106. The number of nitrogens with one attached hydrogen (secondary N) is 1. The topological polar surface area (TPSA) is 72.2 Å². The zero-order valence-corrected chi connectivity index (χ0v) is 7.21. The number of nitrogens with two attached hydrogens (primary N) is 1. The average molecular weight is 172 g/mol. The molecular weight excluding hydrogens is 156 g/mol. The van der Waals surface area contributed by atoms with Gasteiger partial charge in [-0.15, -0.1) is 0 Å². The highest BCUT2D eigenvalue weighted by atomic mass is 16.1. The van der Waals surface area contributed by atoms with Gasteiger partial charge in [-0.3, -0.25) is 4.79 Å². The Morgan fingerprint density at radius 1 is 1.33 bits per heavy atom. The van der Waals surface area contributed by atoms with E-state index in [-0.39, 0.29) is 12.6 Å². The van der Waals surface area contributed by atoms with Gasteiger partial charge in [-0.1, -0.05) is 6.42 Å². The van der Waals surface area contributed by atoms with Crippen LogP contribution >= 0.6 is 0 Å². The zero-order chi connectivity index (χ0) is 9.23. The van der Waals surface area contributed by atoms with Gasteiger partial charge in [0, 0.05) is 12.8 Å². The van der Waals surface area contributed by atoms with Gasteiger partial charge in [0.1, 0.15) is 6.29 Å². The maximum absolute atomic E-state index is 10.8. The SMILES string of the molecule is NCNC(=O)CCCCCC=O. The molecule has 0 unspecified atom stereocenters. The van der Waals surface area contributed by atoms with Crippen molar-refractivity contribution in [1.82, 2.24) is 5.32 Å². The van der Waals surface area contributed by atoms with E-state index in [0.29, 0.717) is 12.8 Å². The summed E-state index contributed by atoms with van der Waals surface area (Å²) in [4.78, 5) is 20.7. The van der Waals surface area contributed by atoms with Gasteiger partial charge >= 0.3 is 0 Å². The van der Waals surface area contributed by atoms with Crippen LogP contribution in [0.15, 0.2) is 0 Å². The van der Waals surface area contributed by atoms with Crippen LogP contribution < -0.4 is 11.1 Å². The molecule has 0 saturated heterocycles. The molecule has 0 radical (unpaired) electrons. The summed E-state index contributed by atoms with van der Waals surface area (Å²) in [5, 5.41) is 2.51. The Hall–Kier alpha value is -0.900. The minimum Gasteiger partial charge on any atom is -0.344 e. The van der Waals surface area contributed by atoms with Crippen molar-refractivity contribution in [2.24, 2.45) is 5.73 Å². The Labute approximate surface area is 72.5 Å². The molecule has 3 N–H and O–H groups in total. The highest BCUT2D eigenvalue weighted by Gasteiger charge is 1.97. The Morgan fingerprint density at radius 2 is 2.08 bits per heavy atom. The first-order chi connectivity index (χ1) is 5.81. The first-order valence-corrected chi connectivity index (χ1v) is 4.21. The van der Waals surface area contributed by atoms with Crippen molar-refractivity contribution >= 4 is 12.2 Å². The third-order valence-corrected chi connectivity index (χ3v) is 1.53. The number of aldehydes is 1. The molecule has 12 heavy (non-hydrogen) atoms. The summed E-state index contributed by atoms with van der Waals surface area (Å²) in [6.45, 7) is 0.202. The molecule has 0 aromatic carbocycles. The lowest BCUT2D eigenvalue weighted by molar-refractivity contribution is -0.121. The van der Waals surface area contributed by atoms with Crippen LogP contribution in [0.25, 0.3) is 0 Å². The van der Waals surface area contributed by atoms with Crippen LogP contribution in [0.3, 0.4) is 0 Å². The zero-order valence-electron chi connectivity index (χ0n) is 7.21. The highest BCUT2D eigenvalue weighted by molar-refractivity contribution is 5.75. The molecule has 1 amide bonds. The van der Waals surface area contributed by atoms with Crippen LogP contribution in [0.1, 0.15) is 32.1 Å². The Morgan fingerprint density at radius 3 is 2.67 bits per heavy atom. The fraction of sp³-hybridized carbons (Fsp3) is 0.750. The van der Waals surface area contributed by atoms with Gasteiger partial charge in [-0.25, -0.2) is 0 Å². The molecule has 0 aliphatic heterocycles. The largest absolute Gasteiger partial charge is 0.344 e. The molecule has 0 aliphatic carbocycles. The van der Waals surface area contributed by atoms with Gasteiger partial charge in [0.15, 0.2) is 0 Å². The lowest BCUT2D eigenvalue weighted by atomic mass is 10.1. The van der Waals surface area contributed by atoms with E-state index in [9.17, 15) is 9.59 Å². The molecular formula is C8H16N2O2. The van der Waals surface area contributed by atoms with Gasteiger partial charge in [-0.05, 0) is 12.8 Å². The quantitative estimate of drug-likeness (QED) is 0.326. The monoisotopic (exact) mass is 172 g/mol. The summed E-state index contributed by atoms with van der Waals surface area (Å²) in [6, 6.07) is 0. The van der Waals surface area contributed by atoms with Crippen LogP contribution in [0, 0.1) is 0 Å². The number of hydrogen-bond donors (Lipinski definition) is 2. The lowest BCUT2D eigenvalue weighted by Crippen LogP contribution is -2.28. The normalized spacial score (nSPS) is 9.42. The molecule has 4 nitrogen and oxygen atoms in total. The molecule has 70 valence electrons. The van der Waals surface area contributed by atoms with E-state index >= 15 is 0 Å². The van der Waals surface area contributed by atoms with Gasteiger partial charge in [0.05, 0.1) is 6.67 Å². The average Bonchev–Trinajstić information content (AvgIpc) is 2.05. The van der Waals surface area contributed by atoms with Gasteiger partial charge in [0.2, 0.25) is 5.91 Å². The van der Waals surface area contributed by atoms with E-state index in [1.54, 1.807) is 0 Å². The number of amides is 1. The molecule has 0 aromatic rings. The fourth-order valence-electron chi connectivity index (χ4n) is 0.892. The van der Waals surface area contributed by atoms with E-state index in [1.807, 2.05) is 0 Å². The van der Waals surface area contributed by atoms with Gasteiger partial charge in [0.25, 0.3) is 0 Å². The Kier molecular flexibility index (Phi) is 7.58. The van der Waals surface area contributed by atoms with Crippen molar-refractivity contribution in [3.63, 3.8) is 0 Å². The first kappa shape index (κ1) is 11.1. The number of carbonyl (C=O) groups is 2. The van der Waals surface area contributed by atoms with E-state index in [4.69, 9.17) is 5.73 Å². The van der Waals surface area contributed by atoms with E-state index in [2.05, 4.69) is 5.32 Å².